The Labute approximate surface area is 179 Å². The van der Waals surface area contributed by atoms with Gasteiger partial charge in [-0.25, -0.2) is 9.97 Å². The number of oxazole rings is 1. The van der Waals surface area contributed by atoms with Crippen LogP contribution in [0.2, 0.25) is 0 Å². The highest BCUT2D eigenvalue weighted by Crippen LogP contribution is 2.39. The van der Waals surface area contributed by atoms with Crippen LogP contribution in [-0.4, -0.2) is 21.8 Å². The minimum Gasteiger partial charge on any atom is -0.443 e. The van der Waals surface area contributed by atoms with Crippen molar-refractivity contribution in [1.82, 2.24) is 15.3 Å². The van der Waals surface area contributed by atoms with Gasteiger partial charge in [-0.15, -0.1) is 11.3 Å². The number of benzene rings is 2. The summed E-state index contributed by atoms with van der Waals surface area (Å²) in [6, 6.07) is 12.7. The van der Waals surface area contributed by atoms with E-state index in [9.17, 15) is 9.59 Å². The Hall–Kier alpha value is -3.43. The minimum absolute atomic E-state index is 0.182. The number of carbonyl (C=O) groups is 2. The molecule has 4 aromatic rings. The van der Waals surface area contributed by atoms with Crippen LogP contribution in [0, 0.1) is 0 Å². The van der Waals surface area contributed by atoms with E-state index in [1.54, 1.807) is 30.6 Å². The number of nitrogens with zero attached hydrogens (tertiary/aromatic N) is 2. The maximum atomic E-state index is 12.6. The lowest BCUT2D eigenvalue weighted by atomic mass is 10.1. The highest BCUT2D eigenvalue weighted by atomic mass is 32.2. The maximum Gasteiger partial charge on any atom is 0.256 e. The van der Waals surface area contributed by atoms with Crippen molar-refractivity contribution in [1.29, 1.82) is 0 Å². The van der Waals surface area contributed by atoms with E-state index in [1.165, 1.54) is 29.4 Å². The van der Waals surface area contributed by atoms with Crippen molar-refractivity contribution in [2.24, 2.45) is 0 Å². The lowest BCUT2D eigenvalue weighted by molar-refractivity contribution is 0.0949. The third kappa shape index (κ3) is 3.60. The monoisotopic (exact) mass is 434 g/mol. The average molecular weight is 435 g/mol. The Morgan fingerprint density at radius 2 is 2.03 bits per heavy atom. The normalized spacial score (nSPS) is 12.5. The number of fused-ring (bicyclic) bond motifs is 2. The van der Waals surface area contributed by atoms with Crippen LogP contribution in [-0.2, 0) is 6.54 Å². The van der Waals surface area contributed by atoms with E-state index in [0.717, 1.165) is 14.7 Å². The zero-order valence-electron chi connectivity index (χ0n) is 15.4. The van der Waals surface area contributed by atoms with E-state index in [0.29, 0.717) is 34.3 Å². The standard InChI is InChI=1S/C21H14N4O3S2/c26-18(23-10-13-11-24-21(29-13)20-22-7-8-28-20)12-5-6-17-15(9-12)25-19(27)14-3-1-2-4-16(14)30-17/h1-9,11H,10H2,(H,23,26)(H,25,27). The molecule has 0 unspecified atom stereocenters. The van der Waals surface area contributed by atoms with Crippen LogP contribution in [0.25, 0.3) is 10.9 Å². The van der Waals surface area contributed by atoms with E-state index >= 15 is 0 Å². The summed E-state index contributed by atoms with van der Waals surface area (Å²) in [5.41, 5.74) is 1.72. The van der Waals surface area contributed by atoms with Crippen LogP contribution in [0.15, 0.2) is 75.3 Å². The molecule has 0 spiro atoms. The van der Waals surface area contributed by atoms with Gasteiger partial charge in [0.15, 0.2) is 5.01 Å². The van der Waals surface area contributed by atoms with Gasteiger partial charge in [0, 0.05) is 26.4 Å². The van der Waals surface area contributed by atoms with Gasteiger partial charge in [0.1, 0.15) is 6.26 Å². The lowest BCUT2D eigenvalue weighted by Gasteiger charge is -2.09. The quantitative estimate of drug-likeness (QED) is 0.493. The van der Waals surface area contributed by atoms with Crippen molar-refractivity contribution in [3.8, 4) is 10.9 Å². The number of anilines is 1. The first kappa shape index (κ1) is 18.6. The molecule has 0 aliphatic carbocycles. The van der Waals surface area contributed by atoms with Crippen LogP contribution in [0.4, 0.5) is 5.69 Å². The molecule has 2 amide bonds. The second-order valence-corrected chi connectivity index (χ2v) is 8.61. The van der Waals surface area contributed by atoms with E-state index in [1.807, 2.05) is 24.3 Å². The number of carbonyl (C=O) groups excluding carboxylic acids is 2. The highest BCUT2D eigenvalue weighted by Gasteiger charge is 2.20. The van der Waals surface area contributed by atoms with E-state index < -0.39 is 0 Å². The van der Waals surface area contributed by atoms with Gasteiger partial charge in [-0.2, -0.15) is 0 Å². The van der Waals surface area contributed by atoms with Crippen molar-refractivity contribution < 1.29 is 14.0 Å². The summed E-state index contributed by atoms with van der Waals surface area (Å²) in [6.45, 7) is 0.334. The van der Waals surface area contributed by atoms with E-state index in [2.05, 4.69) is 20.6 Å². The summed E-state index contributed by atoms with van der Waals surface area (Å²) in [4.78, 5) is 36.2. The van der Waals surface area contributed by atoms with Gasteiger partial charge in [0.25, 0.3) is 17.7 Å². The van der Waals surface area contributed by atoms with Crippen LogP contribution in [0.3, 0.4) is 0 Å². The molecule has 2 N–H and O–H groups in total. The van der Waals surface area contributed by atoms with Crippen molar-refractivity contribution in [2.75, 3.05) is 5.32 Å². The molecule has 2 aromatic heterocycles. The predicted molar refractivity (Wildman–Crippen MR) is 114 cm³/mol. The Kier molecular flexibility index (Phi) is 4.82. The number of aromatic nitrogens is 2. The van der Waals surface area contributed by atoms with Gasteiger partial charge >= 0.3 is 0 Å². The SMILES string of the molecule is O=C(NCc1cnc(-c2ncco2)s1)c1ccc2c(c1)NC(=O)c1ccccc1S2. The number of hydrogen-bond donors (Lipinski definition) is 2. The van der Waals surface area contributed by atoms with Gasteiger partial charge < -0.3 is 15.1 Å². The molecular weight excluding hydrogens is 420 g/mol. The van der Waals surface area contributed by atoms with Gasteiger partial charge in [-0.05, 0) is 30.3 Å². The van der Waals surface area contributed by atoms with Gasteiger partial charge in [-0.1, -0.05) is 23.9 Å². The smallest absolute Gasteiger partial charge is 0.256 e. The second kappa shape index (κ2) is 7.77. The van der Waals surface area contributed by atoms with Crippen LogP contribution < -0.4 is 10.6 Å². The Bertz CT molecular complexity index is 1250. The predicted octanol–water partition coefficient (Wildman–Crippen LogP) is 4.45. The first-order valence-electron chi connectivity index (χ1n) is 9.02. The first-order valence-corrected chi connectivity index (χ1v) is 10.7. The summed E-state index contributed by atoms with van der Waals surface area (Å²) in [7, 11) is 0. The molecule has 0 fully saturated rings. The Morgan fingerprint density at radius 3 is 2.90 bits per heavy atom. The van der Waals surface area contributed by atoms with Gasteiger partial charge in [0.05, 0.1) is 24.0 Å². The maximum absolute atomic E-state index is 12.6. The number of hydrogen-bond acceptors (Lipinski definition) is 7. The fourth-order valence-electron chi connectivity index (χ4n) is 3.00. The van der Waals surface area contributed by atoms with Crippen LogP contribution in [0.5, 0.6) is 0 Å². The third-order valence-corrected chi connectivity index (χ3v) is 6.57. The second-order valence-electron chi connectivity index (χ2n) is 6.41. The van der Waals surface area contributed by atoms with Crippen LogP contribution >= 0.6 is 23.1 Å². The highest BCUT2D eigenvalue weighted by molar-refractivity contribution is 7.99. The minimum atomic E-state index is -0.232. The van der Waals surface area contributed by atoms with Crippen LogP contribution in [0.1, 0.15) is 25.6 Å². The van der Waals surface area contributed by atoms with Gasteiger partial charge in [-0.3, -0.25) is 9.59 Å². The summed E-state index contributed by atoms with van der Waals surface area (Å²) in [5, 5.41) is 6.45. The largest absolute Gasteiger partial charge is 0.443 e. The summed E-state index contributed by atoms with van der Waals surface area (Å²) >= 11 is 2.91. The van der Waals surface area contributed by atoms with E-state index in [-0.39, 0.29) is 11.8 Å². The average Bonchev–Trinajstić information content (AvgIpc) is 3.43. The Balaban J connectivity index is 1.30. The topological polar surface area (TPSA) is 97.1 Å². The molecule has 7 nitrogen and oxygen atoms in total. The molecule has 2 aromatic carbocycles. The lowest BCUT2D eigenvalue weighted by Crippen LogP contribution is -2.22. The summed E-state index contributed by atoms with van der Waals surface area (Å²) in [6.07, 6.45) is 4.74. The first-order chi connectivity index (χ1) is 14.7. The fraction of sp³-hybridized carbons (Fsp3) is 0.0476. The number of rotatable bonds is 4. The third-order valence-electron chi connectivity index (χ3n) is 4.43. The summed E-state index contributed by atoms with van der Waals surface area (Å²) < 4.78 is 5.24. The molecule has 148 valence electrons. The zero-order chi connectivity index (χ0) is 20.5. The molecule has 1 aliphatic heterocycles. The molecular formula is C21H14N4O3S2. The molecule has 0 atom stereocenters. The van der Waals surface area contributed by atoms with Crippen molar-refractivity contribution in [2.45, 2.75) is 16.3 Å². The zero-order valence-corrected chi connectivity index (χ0v) is 17.0. The molecule has 0 saturated heterocycles. The molecule has 0 saturated carbocycles. The summed E-state index contributed by atoms with van der Waals surface area (Å²) in [5.74, 6) is 0.0422. The van der Waals surface area contributed by atoms with E-state index in [4.69, 9.17) is 4.42 Å². The Morgan fingerprint density at radius 1 is 1.13 bits per heavy atom. The molecule has 3 heterocycles. The molecule has 30 heavy (non-hydrogen) atoms. The van der Waals surface area contributed by atoms with Crippen molar-refractivity contribution in [3.05, 3.63) is 77.1 Å². The molecule has 0 bridgehead atoms. The number of amides is 2. The van der Waals surface area contributed by atoms with Gasteiger partial charge in [0.2, 0.25) is 0 Å². The molecule has 9 heteroatoms. The number of thiazole rings is 1. The van der Waals surface area contributed by atoms with Crippen molar-refractivity contribution in [3.63, 3.8) is 0 Å². The molecule has 0 radical (unpaired) electrons. The fourth-order valence-corrected chi connectivity index (χ4v) is 4.80. The number of nitrogens with one attached hydrogen (secondary N) is 2. The molecule has 1 aliphatic rings. The molecule has 5 rings (SSSR count). The van der Waals surface area contributed by atoms with Crippen molar-refractivity contribution >= 4 is 40.6 Å².